The molecule has 1 heterocycles. The molecule has 1 aromatic carbocycles. The van der Waals surface area contributed by atoms with Gasteiger partial charge < -0.3 is 9.64 Å². The standard InChI is InChI=1S/C11H12ClNO4S/c1-7-6-13(8(2)14)10-5-9(18(12,15)16)3-4-11(10)17-7/h3-5,7H,6H2,1-2H3/t7-/m0/s1. The lowest BCUT2D eigenvalue weighted by Gasteiger charge is -2.32. The van der Waals surface area contributed by atoms with Crippen molar-refractivity contribution in [2.45, 2.75) is 24.8 Å². The number of benzene rings is 1. The number of hydrogen-bond donors (Lipinski definition) is 0. The highest BCUT2D eigenvalue weighted by molar-refractivity contribution is 8.13. The summed E-state index contributed by atoms with van der Waals surface area (Å²) in [5.74, 6) is 0.309. The molecule has 1 aliphatic rings. The normalized spacial score (nSPS) is 19.1. The van der Waals surface area contributed by atoms with E-state index in [9.17, 15) is 13.2 Å². The van der Waals surface area contributed by atoms with Gasteiger partial charge in [0.2, 0.25) is 5.91 Å². The van der Waals surface area contributed by atoms with E-state index in [4.69, 9.17) is 15.4 Å². The van der Waals surface area contributed by atoms with Crippen molar-refractivity contribution in [3.05, 3.63) is 18.2 Å². The van der Waals surface area contributed by atoms with Gasteiger partial charge in [-0.2, -0.15) is 0 Å². The summed E-state index contributed by atoms with van der Waals surface area (Å²) >= 11 is 0. The maximum Gasteiger partial charge on any atom is 0.261 e. The van der Waals surface area contributed by atoms with Crippen LogP contribution in [0.1, 0.15) is 13.8 Å². The molecule has 98 valence electrons. The van der Waals surface area contributed by atoms with E-state index in [1.54, 1.807) is 0 Å². The average Bonchev–Trinajstić information content (AvgIpc) is 2.25. The van der Waals surface area contributed by atoms with Crippen molar-refractivity contribution in [3.63, 3.8) is 0 Å². The van der Waals surface area contributed by atoms with Gasteiger partial charge in [0.1, 0.15) is 11.9 Å². The van der Waals surface area contributed by atoms with E-state index in [1.807, 2.05) is 6.92 Å². The van der Waals surface area contributed by atoms with Crippen LogP contribution in [-0.2, 0) is 13.8 Å². The Balaban J connectivity index is 2.56. The third kappa shape index (κ3) is 2.44. The van der Waals surface area contributed by atoms with Gasteiger partial charge in [-0.25, -0.2) is 8.42 Å². The van der Waals surface area contributed by atoms with Crippen molar-refractivity contribution >= 4 is 31.3 Å². The molecule has 0 saturated carbocycles. The molecule has 0 aromatic heterocycles. The minimum atomic E-state index is -3.82. The van der Waals surface area contributed by atoms with Crippen LogP contribution in [0.5, 0.6) is 5.75 Å². The summed E-state index contributed by atoms with van der Waals surface area (Å²) in [5, 5.41) is 0. The van der Waals surface area contributed by atoms with Crippen LogP contribution in [0.3, 0.4) is 0 Å². The van der Waals surface area contributed by atoms with Crippen LogP contribution in [0.15, 0.2) is 23.1 Å². The highest BCUT2D eigenvalue weighted by atomic mass is 35.7. The summed E-state index contributed by atoms with van der Waals surface area (Å²) < 4.78 is 28.1. The van der Waals surface area contributed by atoms with Gasteiger partial charge in [-0.05, 0) is 25.1 Å². The van der Waals surface area contributed by atoms with Crippen molar-refractivity contribution in [1.82, 2.24) is 0 Å². The van der Waals surface area contributed by atoms with Gasteiger partial charge in [0.15, 0.2) is 0 Å². The number of rotatable bonds is 1. The molecule has 7 heteroatoms. The first-order valence-corrected chi connectivity index (χ1v) is 7.63. The fourth-order valence-electron chi connectivity index (χ4n) is 1.87. The zero-order chi connectivity index (χ0) is 13.5. The molecule has 0 spiro atoms. The number of hydrogen-bond acceptors (Lipinski definition) is 4. The Hall–Kier alpha value is -1.27. The molecule has 0 unspecified atom stereocenters. The van der Waals surface area contributed by atoms with Crippen molar-refractivity contribution in [1.29, 1.82) is 0 Å². The van der Waals surface area contributed by atoms with Crippen molar-refractivity contribution in [2.24, 2.45) is 0 Å². The van der Waals surface area contributed by atoms with Crippen LogP contribution in [0.25, 0.3) is 0 Å². The van der Waals surface area contributed by atoms with Gasteiger partial charge in [-0.15, -0.1) is 0 Å². The number of carbonyl (C=O) groups excluding carboxylic acids is 1. The first kappa shape index (κ1) is 13.2. The molecule has 0 bridgehead atoms. The molecule has 1 amide bonds. The van der Waals surface area contributed by atoms with Gasteiger partial charge in [0, 0.05) is 17.6 Å². The van der Waals surface area contributed by atoms with E-state index in [1.165, 1.54) is 30.0 Å². The second-order valence-corrected chi connectivity index (χ2v) is 6.69. The number of carbonyl (C=O) groups is 1. The molecule has 0 radical (unpaired) electrons. The number of halogens is 1. The highest BCUT2D eigenvalue weighted by Gasteiger charge is 2.27. The Morgan fingerprint density at radius 2 is 2.17 bits per heavy atom. The molecule has 18 heavy (non-hydrogen) atoms. The van der Waals surface area contributed by atoms with Crippen molar-refractivity contribution in [2.75, 3.05) is 11.4 Å². The third-order valence-electron chi connectivity index (χ3n) is 2.65. The number of ether oxygens (including phenoxy) is 1. The van der Waals surface area contributed by atoms with Crippen LogP contribution in [0.4, 0.5) is 5.69 Å². The van der Waals surface area contributed by atoms with E-state index in [0.717, 1.165) is 0 Å². The summed E-state index contributed by atoms with van der Waals surface area (Å²) in [6.07, 6.45) is -0.139. The lowest BCUT2D eigenvalue weighted by molar-refractivity contribution is -0.117. The molecular formula is C11H12ClNO4S. The summed E-state index contributed by atoms with van der Waals surface area (Å²) in [6.45, 7) is 3.64. The van der Waals surface area contributed by atoms with E-state index in [-0.39, 0.29) is 16.9 Å². The van der Waals surface area contributed by atoms with Crippen LogP contribution in [-0.4, -0.2) is 27.0 Å². The minimum absolute atomic E-state index is 0.0488. The summed E-state index contributed by atoms with van der Waals surface area (Å²) in [6, 6.07) is 4.22. The minimum Gasteiger partial charge on any atom is -0.487 e. The Bertz CT molecular complexity index is 599. The Labute approximate surface area is 110 Å². The average molecular weight is 290 g/mol. The monoisotopic (exact) mass is 289 g/mol. The topological polar surface area (TPSA) is 63.7 Å². The molecule has 5 nitrogen and oxygen atoms in total. The van der Waals surface area contributed by atoms with Crippen LogP contribution in [0.2, 0.25) is 0 Å². The Morgan fingerprint density at radius 3 is 2.72 bits per heavy atom. The number of anilines is 1. The number of amides is 1. The zero-order valence-corrected chi connectivity index (χ0v) is 11.5. The number of nitrogens with zero attached hydrogens (tertiary/aromatic N) is 1. The van der Waals surface area contributed by atoms with Crippen molar-refractivity contribution < 1.29 is 17.9 Å². The van der Waals surface area contributed by atoms with E-state index in [2.05, 4.69) is 0 Å². The van der Waals surface area contributed by atoms with Gasteiger partial charge >= 0.3 is 0 Å². The van der Waals surface area contributed by atoms with Gasteiger partial charge in [0.05, 0.1) is 17.1 Å². The second kappa shape index (κ2) is 4.44. The molecule has 0 saturated heterocycles. The maximum atomic E-state index is 11.6. The fraction of sp³-hybridized carbons (Fsp3) is 0.364. The van der Waals surface area contributed by atoms with Gasteiger partial charge in [-0.3, -0.25) is 4.79 Å². The molecule has 1 aliphatic heterocycles. The zero-order valence-electron chi connectivity index (χ0n) is 9.88. The third-order valence-corrected chi connectivity index (χ3v) is 4.00. The van der Waals surface area contributed by atoms with Crippen LogP contribution >= 0.6 is 10.7 Å². The summed E-state index contributed by atoms with van der Waals surface area (Å²) in [4.78, 5) is 13.0. The van der Waals surface area contributed by atoms with Gasteiger partial charge in [0.25, 0.3) is 9.05 Å². The molecule has 1 atom stereocenters. The number of fused-ring (bicyclic) bond motifs is 1. The van der Waals surface area contributed by atoms with Gasteiger partial charge in [-0.1, -0.05) is 0 Å². The second-order valence-electron chi connectivity index (χ2n) is 4.13. The molecular weight excluding hydrogens is 278 g/mol. The first-order chi connectivity index (χ1) is 8.29. The quantitative estimate of drug-likeness (QED) is 0.739. The first-order valence-electron chi connectivity index (χ1n) is 5.32. The molecule has 1 aromatic rings. The van der Waals surface area contributed by atoms with Crippen LogP contribution < -0.4 is 9.64 Å². The maximum absolute atomic E-state index is 11.6. The SMILES string of the molecule is CC(=O)N1C[C@H](C)Oc2ccc(S(=O)(=O)Cl)cc21. The smallest absolute Gasteiger partial charge is 0.261 e. The molecule has 0 fully saturated rings. The van der Waals surface area contributed by atoms with E-state index in [0.29, 0.717) is 18.0 Å². The summed E-state index contributed by atoms with van der Waals surface area (Å²) in [7, 11) is 1.46. The van der Waals surface area contributed by atoms with Crippen LogP contribution in [0, 0.1) is 0 Å². The Morgan fingerprint density at radius 1 is 1.50 bits per heavy atom. The highest BCUT2D eigenvalue weighted by Crippen LogP contribution is 2.36. The predicted molar refractivity (Wildman–Crippen MR) is 67.6 cm³/mol. The predicted octanol–water partition coefficient (Wildman–Crippen LogP) is 1.75. The summed E-state index contributed by atoms with van der Waals surface area (Å²) in [5.41, 5.74) is 0.433. The Kier molecular flexibility index (Phi) is 3.25. The largest absolute Gasteiger partial charge is 0.487 e. The van der Waals surface area contributed by atoms with E-state index < -0.39 is 9.05 Å². The molecule has 0 aliphatic carbocycles. The van der Waals surface area contributed by atoms with Crippen molar-refractivity contribution in [3.8, 4) is 5.75 Å². The lowest BCUT2D eigenvalue weighted by Crippen LogP contribution is -2.41. The molecule has 2 rings (SSSR count). The van der Waals surface area contributed by atoms with E-state index >= 15 is 0 Å². The lowest BCUT2D eigenvalue weighted by atomic mass is 10.2. The fourth-order valence-corrected chi connectivity index (χ4v) is 2.64. The molecule has 0 N–H and O–H groups in total.